The minimum Gasteiger partial charge on any atom is -0.373 e. The van der Waals surface area contributed by atoms with Gasteiger partial charge in [-0.1, -0.05) is 0 Å². The van der Waals surface area contributed by atoms with Gasteiger partial charge >= 0.3 is 0 Å². The third-order valence-corrected chi connectivity index (χ3v) is 4.21. The summed E-state index contributed by atoms with van der Waals surface area (Å²) in [6.07, 6.45) is 3.90. The van der Waals surface area contributed by atoms with Crippen LogP contribution in [0.3, 0.4) is 0 Å². The van der Waals surface area contributed by atoms with Crippen LogP contribution in [0.1, 0.15) is 10.5 Å². The van der Waals surface area contributed by atoms with Crippen molar-refractivity contribution >= 4 is 11.7 Å². The largest absolute Gasteiger partial charge is 0.373 e. The van der Waals surface area contributed by atoms with Gasteiger partial charge in [0.25, 0.3) is 11.5 Å². The molecule has 1 fully saturated rings. The molecule has 1 amide bonds. The topological polar surface area (TPSA) is 80.6 Å². The molecule has 8 nitrogen and oxygen atoms in total. The number of carbonyl (C=O) groups is 1. The number of amides is 1. The molecule has 0 radical (unpaired) electrons. The molecule has 2 aromatic rings. The van der Waals surface area contributed by atoms with Gasteiger partial charge in [0.15, 0.2) is 5.82 Å². The average molecular weight is 361 g/mol. The van der Waals surface area contributed by atoms with E-state index in [0.717, 1.165) is 6.20 Å². The van der Waals surface area contributed by atoms with E-state index in [1.165, 1.54) is 16.7 Å². The molecule has 0 unspecified atom stereocenters. The van der Waals surface area contributed by atoms with E-state index in [1.54, 1.807) is 36.3 Å². The molecule has 0 bridgehead atoms. The third-order valence-electron chi connectivity index (χ3n) is 4.21. The van der Waals surface area contributed by atoms with Crippen LogP contribution >= 0.6 is 0 Å². The molecule has 1 aliphatic heterocycles. The number of anilines is 1. The fourth-order valence-electron chi connectivity index (χ4n) is 2.82. The molecule has 0 spiro atoms. The number of aryl methyl sites for hydroxylation is 1. The molecule has 0 N–H and O–H groups in total. The van der Waals surface area contributed by atoms with Gasteiger partial charge in [-0.3, -0.25) is 9.59 Å². The molecule has 3 heterocycles. The number of aromatic nitrogens is 3. The van der Waals surface area contributed by atoms with E-state index in [9.17, 15) is 14.0 Å². The van der Waals surface area contributed by atoms with Gasteiger partial charge < -0.3 is 19.1 Å². The van der Waals surface area contributed by atoms with Gasteiger partial charge in [-0.2, -0.15) is 0 Å². The Balaban J connectivity index is 1.66. The minimum absolute atomic E-state index is 0.194. The maximum absolute atomic E-state index is 13.0. The van der Waals surface area contributed by atoms with E-state index in [2.05, 4.69) is 9.97 Å². The highest BCUT2D eigenvalue weighted by molar-refractivity contribution is 5.92. The smallest absolute Gasteiger partial charge is 0.293 e. The van der Waals surface area contributed by atoms with Crippen LogP contribution in [0.4, 0.5) is 10.2 Å². The summed E-state index contributed by atoms with van der Waals surface area (Å²) in [5.74, 6) is -0.433. The SMILES string of the molecule is CN(C[C@@H]1CN(C(=O)c2ccc(F)cn2)CCO1)c1nccn(C)c1=O. The predicted molar refractivity (Wildman–Crippen MR) is 92.6 cm³/mol. The minimum atomic E-state index is -0.486. The van der Waals surface area contributed by atoms with Gasteiger partial charge in [-0.05, 0) is 12.1 Å². The molecule has 3 rings (SSSR count). The molecule has 0 aliphatic carbocycles. The molecule has 0 saturated carbocycles. The summed E-state index contributed by atoms with van der Waals surface area (Å²) in [6.45, 7) is 1.58. The van der Waals surface area contributed by atoms with Crippen molar-refractivity contribution in [2.24, 2.45) is 7.05 Å². The van der Waals surface area contributed by atoms with Crippen LogP contribution < -0.4 is 10.5 Å². The number of ether oxygens (including phenoxy) is 1. The molecule has 0 aromatic carbocycles. The van der Waals surface area contributed by atoms with E-state index in [4.69, 9.17) is 4.74 Å². The maximum Gasteiger partial charge on any atom is 0.293 e. The molecule has 2 aromatic heterocycles. The highest BCUT2D eigenvalue weighted by atomic mass is 19.1. The van der Waals surface area contributed by atoms with Crippen molar-refractivity contribution in [3.05, 3.63) is 52.6 Å². The maximum atomic E-state index is 13.0. The summed E-state index contributed by atoms with van der Waals surface area (Å²) in [6, 6.07) is 2.58. The molecule has 9 heteroatoms. The van der Waals surface area contributed by atoms with Crippen molar-refractivity contribution in [1.82, 2.24) is 19.4 Å². The van der Waals surface area contributed by atoms with E-state index in [-0.39, 0.29) is 23.3 Å². The van der Waals surface area contributed by atoms with Gasteiger partial charge in [0.2, 0.25) is 0 Å². The summed E-state index contributed by atoms with van der Waals surface area (Å²) in [7, 11) is 3.42. The summed E-state index contributed by atoms with van der Waals surface area (Å²) in [5, 5.41) is 0. The molecule has 138 valence electrons. The summed E-state index contributed by atoms with van der Waals surface area (Å²) >= 11 is 0. The van der Waals surface area contributed by atoms with Crippen LogP contribution in [0.15, 0.2) is 35.5 Å². The van der Waals surface area contributed by atoms with Crippen molar-refractivity contribution in [1.29, 1.82) is 0 Å². The van der Waals surface area contributed by atoms with Crippen molar-refractivity contribution in [2.45, 2.75) is 6.10 Å². The molecule has 26 heavy (non-hydrogen) atoms. The Hall–Kier alpha value is -2.81. The van der Waals surface area contributed by atoms with E-state index in [1.807, 2.05) is 0 Å². The second-order valence-electron chi connectivity index (χ2n) is 6.15. The standard InChI is InChI=1S/C17H20FN5O3/c1-21-6-5-19-15(17(21)25)22(2)10-13-11-23(7-8-26-13)16(24)14-4-3-12(18)9-20-14/h3-6,9,13H,7-8,10-11H2,1-2H3/t13-/m1/s1. The van der Waals surface area contributed by atoms with Crippen molar-refractivity contribution in [2.75, 3.05) is 38.2 Å². The summed E-state index contributed by atoms with van der Waals surface area (Å²) < 4.78 is 20.2. The number of nitrogens with zero attached hydrogens (tertiary/aromatic N) is 5. The predicted octanol–water partition coefficient (Wildman–Crippen LogP) is 0.292. The number of halogens is 1. The second-order valence-corrected chi connectivity index (χ2v) is 6.15. The monoisotopic (exact) mass is 361 g/mol. The van der Waals surface area contributed by atoms with E-state index in [0.29, 0.717) is 32.1 Å². The molecule has 1 aliphatic rings. The molecular formula is C17H20FN5O3. The Morgan fingerprint density at radius 1 is 1.42 bits per heavy atom. The first-order chi connectivity index (χ1) is 12.5. The number of likely N-dealkylation sites (N-methyl/N-ethyl adjacent to an activating group) is 1. The van der Waals surface area contributed by atoms with Crippen molar-refractivity contribution < 1.29 is 13.9 Å². The van der Waals surface area contributed by atoms with Gasteiger partial charge in [0.05, 0.1) is 18.9 Å². The van der Waals surface area contributed by atoms with Gasteiger partial charge in [0, 0.05) is 46.1 Å². The lowest BCUT2D eigenvalue weighted by Gasteiger charge is -2.34. The Morgan fingerprint density at radius 2 is 2.23 bits per heavy atom. The van der Waals surface area contributed by atoms with Crippen molar-refractivity contribution in [3.63, 3.8) is 0 Å². The Morgan fingerprint density at radius 3 is 2.96 bits per heavy atom. The fraction of sp³-hybridized carbons (Fsp3) is 0.412. The zero-order valence-electron chi connectivity index (χ0n) is 14.6. The second kappa shape index (κ2) is 7.61. The van der Waals surface area contributed by atoms with Gasteiger partial charge in [-0.25, -0.2) is 14.4 Å². The Labute approximate surface area is 149 Å². The molecule has 1 atom stereocenters. The number of carbonyl (C=O) groups excluding carboxylic acids is 1. The van der Waals surface area contributed by atoms with Gasteiger partial charge in [0.1, 0.15) is 11.5 Å². The molecule has 1 saturated heterocycles. The highest BCUT2D eigenvalue weighted by Crippen LogP contribution is 2.12. The lowest BCUT2D eigenvalue weighted by molar-refractivity contribution is -0.0174. The zero-order valence-corrected chi connectivity index (χ0v) is 14.6. The summed E-state index contributed by atoms with van der Waals surface area (Å²) in [4.78, 5) is 36.0. The molecular weight excluding hydrogens is 341 g/mol. The first-order valence-electron chi connectivity index (χ1n) is 8.21. The van der Waals surface area contributed by atoms with Crippen LogP contribution in [0.25, 0.3) is 0 Å². The first kappa shape index (κ1) is 18.0. The fourth-order valence-corrected chi connectivity index (χ4v) is 2.82. The third kappa shape index (κ3) is 3.88. The summed E-state index contributed by atoms with van der Waals surface area (Å²) in [5.41, 5.74) is -0.00625. The highest BCUT2D eigenvalue weighted by Gasteiger charge is 2.27. The zero-order chi connectivity index (χ0) is 18.7. The van der Waals surface area contributed by atoms with Crippen LogP contribution in [0, 0.1) is 5.82 Å². The number of rotatable bonds is 4. The average Bonchev–Trinajstić information content (AvgIpc) is 2.64. The van der Waals surface area contributed by atoms with Crippen LogP contribution in [0.5, 0.6) is 0 Å². The Bertz CT molecular complexity index is 839. The quantitative estimate of drug-likeness (QED) is 0.779. The number of hydrogen-bond acceptors (Lipinski definition) is 6. The van der Waals surface area contributed by atoms with Crippen LogP contribution in [-0.2, 0) is 11.8 Å². The number of pyridine rings is 1. The van der Waals surface area contributed by atoms with Crippen LogP contribution in [0.2, 0.25) is 0 Å². The normalized spacial score (nSPS) is 17.2. The number of morpholine rings is 1. The number of hydrogen-bond donors (Lipinski definition) is 0. The van der Waals surface area contributed by atoms with Crippen molar-refractivity contribution in [3.8, 4) is 0 Å². The van der Waals surface area contributed by atoms with E-state index >= 15 is 0 Å². The Kier molecular flexibility index (Phi) is 5.27. The van der Waals surface area contributed by atoms with E-state index < -0.39 is 5.82 Å². The van der Waals surface area contributed by atoms with Crippen LogP contribution in [-0.4, -0.2) is 64.7 Å². The first-order valence-corrected chi connectivity index (χ1v) is 8.21. The van der Waals surface area contributed by atoms with Gasteiger partial charge in [-0.15, -0.1) is 0 Å². The lowest BCUT2D eigenvalue weighted by Crippen LogP contribution is -2.50. The lowest BCUT2D eigenvalue weighted by atomic mass is 10.2.